The third kappa shape index (κ3) is 3.18. The molecule has 0 unspecified atom stereocenters. The molecule has 0 bridgehead atoms. The molecule has 1 aliphatic rings. The standard InChI is InChI=1S/C16H14BrN.C2H6/c1-11-2-4-12(5-3-11)16-15-7-6-14(17)10-13(15)8-9-18-16;1-2/h2-7,10H,8-9H2,1H3;1-2H3. The molecule has 1 heterocycles. The minimum Gasteiger partial charge on any atom is -0.284 e. The molecule has 2 aromatic rings. The predicted molar refractivity (Wildman–Crippen MR) is 90.9 cm³/mol. The summed E-state index contributed by atoms with van der Waals surface area (Å²) in [7, 11) is 0. The van der Waals surface area contributed by atoms with Crippen LogP contribution in [0.3, 0.4) is 0 Å². The Balaban J connectivity index is 0.000000704. The van der Waals surface area contributed by atoms with Crippen LogP contribution in [0.5, 0.6) is 0 Å². The molecule has 2 aromatic carbocycles. The third-order valence-corrected chi connectivity index (χ3v) is 3.79. The van der Waals surface area contributed by atoms with Crippen LogP contribution in [0, 0.1) is 6.92 Å². The second kappa shape index (κ2) is 6.85. The highest BCUT2D eigenvalue weighted by molar-refractivity contribution is 9.10. The zero-order valence-corrected chi connectivity index (χ0v) is 13.9. The number of halogens is 1. The van der Waals surface area contributed by atoms with Crippen molar-refractivity contribution in [1.29, 1.82) is 0 Å². The van der Waals surface area contributed by atoms with Crippen LogP contribution >= 0.6 is 15.9 Å². The van der Waals surface area contributed by atoms with Gasteiger partial charge in [0, 0.05) is 22.1 Å². The van der Waals surface area contributed by atoms with Gasteiger partial charge in [-0.05, 0) is 31.0 Å². The normalized spacial score (nSPS) is 12.9. The first-order valence-corrected chi connectivity index (χ1v) is 7.93. The molecule has 0 amide bonds. The molecule has 3 rings (SSSR count). The van der Waals surface area contributed by atoms with Crippen LogP contribution in [0.15, 0.2) is 51.9 Å². The number of hydrogen-bond donors (Lipinski definition) is 0. The molecule has 0 atom stereocenters. The highest BCUT2D eigenvalue weighted by atomic mass is 79.9. The number of rotatable bonds is 1. The lowest BCUT2D eigenvalue weighted by molar-refractivity contribution is 0.943. The maximum atomic E-state index is 4.70. The summed E-state index contributed by atoms with van der Waals surface area (Å²) in [5, 5.41) is 0. The Labute approximate surface area is 129 Å². The molecule has 0 saturated carbocycles. The van der Waals surface area contributed by atoms with Gasteiger partial charge in [-0.15, -0.1) is 0 Å². The number of hydrogen-bond acceptors (Lipinski definition) is 1. The number of aryl methyl sites for hydroxylation is 1. The monoisotopic (exact) mass is 329 g/mol. The summed E-state index contributed by atoms with van der Waals surface area (Å²) >= 11 is 3.54. The summed E-state index contributed by atoms with van der Waals surface area (Å²) in [6, 6.07) is 15.1. The van der Waals surface area contributed by atoms with Gasteiger partial charge in [0.1, 0.15) is 0 Å². The fourth-order valence-electron chi connectivity index (χ4n) is 2.33. The largest absolute Gasteiger partial charge is 0.284 e. The Morgan fingerprint density at radius 3 is 2.40 bits per heavy atom. The van der Waals surface area contributed by atoms with Crippen molar-refractivity contribution in [2.24, 2.45) is 4.99 Å². The summed E-state index contributed by atoms with van der Waals surface area (Å²) in [6.45, 7) is 6.99. The molecule has 0 fully saturated rings. The SMILES string of the molecule is CC.Cc1ccc(C2=NCCc3cc(Br)ccc32)cc1. The van der Waals surface area contributed by atoms with Crippen molar-refractivity contribution in [2.75, 3.05) is 6.54 Å². The quantitative estimate of drug-likeness (QED) is 0.683. The molecule has 20 heavy (non-hydrogen) atoms. The van der Waals surface area contributed by atoms with Crippen LogP contribution in [0.4, 0.5) is 0 Å². The van der Waals surface area contributed by atoms with Crippen LogP contribution in [0.2, 0.25) is 0 Å². The fraction of sp³-hybridized carbons (Fsp3) is 0.278. The van der Waals surface area contributed by atoms with Crippen LogP contribution in [-0.4, -0.2) is 12.3 Å². The Kier molecular flexibility index (Phi) is 5.13. The van der Waals surface area contributed by atoms with Gasteiger partial charge in [-0.1, -0.05) is 65.7 Å². The Bertz CT molecular complexity index is 612. The van der Waals surface area contributed by atoms with Crippen molar-refractivity contribution in [3.63, 3.8) is 0 Å². The topological polar surface area (TPSA) is 12.4 Å². The predicted octanol–water partition coefficient (Wildman–Crippen LogP) is 5.18. The molecule has 1 nitrogen and oxygen atoms in total. The minimum atomic E-state index is 0.882. The summed E-state index contributed by atoms with van der Waals surface area (Å²) in [5.41, 5.74) is 6.28. The molecule has 104 valence electrons. The van der Waals surface area contributed by atoms with Gasteiger partial charge in [0.25, 0.3) is 0 Å². The number of aliphatic imine (C=N–C) groups is 1. The van der Waals surface area contributed by atoms with Gasteiger partial charge in [0.2, 0.25) is 0 Å². The molecule has 0 N–H and O–H groups in total. The highest BCUT2D eigenvalue weighted by Gasteiger charge is 2.15. The van der Waals surface area contributed by atoms with E-state index in [1.165, 1.54) is 22.3 Å². The molecule has 0 aliphatic carbocycles. The van der Waals surface area contributed by atoms with E-state index in [2.05, 4.69) is 65.3 Å². The average Bonchev–Trinajstić information content (AvgIpc) is 2.49. The van der Waals surface area contributed by atoms with Crippen LogP contribution in [0.1, 0.15) is 36.1 Å². The first kappa shape index (κ1) is 15.0. The van der Waals surface area contributed by atoms with E-state index in [1.54, 1.807) is 0 Å². The van der Waals surface area contributed by atoms with E-state index in [-0.39, 0.29) is 0 Å². The highest BCUT2D eigenvalue weighted by Crippen LogP contribution is 2.24. The number of fused-ring (bicyclic) bond motifs is 1. The lowest BCUT2D eigenvalue weighted by atomic mass is 9.93. The summed E-state index contributed by atoms with van der Waals surface area (Å²) in [6.07, 6.45) is 1.03. The van der Waals surface area contributed by atoms with Crippen molar-refractivity contribution in [3.05, 3.63) is 69.2 Å². The molecular formula is C18H20BrN. The van der Waals surface area contributed by atoms with Crippen molar-refractivity contribution in [1.82, 2.24) is 0 Å². The Hall–Kier alpha value is -1.41. The Morgan fingerprint density at radius 1 is 1.00 bits per heavy atom. The maximum Gasteiger partial charge on any atom is 0.0721 e. The summed E-state index contributed by atoms with van der Waals surface area (Å²) < 4.78 is 1.14. The van der Waals surface area contributed by atoms with Gasteiger partial charge in [-0.2, -0.15) is 0 Å². The zero-order chi connectivity index (χ0) is 14.5. The summed E-state index contributed by atoms with van der Waals surface area (Å²) in [4.78, 5) is 4.70. The van der Waals surface area contributed by atoms with Gasteiger partial charge in [-0.3, -0.25) is 4.99 Å². The maximum absolute atomic E-state index is 4.70. The molecule has 0 saturated heterocycles. The van der Waals surface area contributed by atoms with Crippen molar-refractivity contribution < 1.29 is 0 Å². The second-order valence-electron chi connectivity index (χ2n) is 4.65. The number of benzene rings is 2. The van der Waals surface area contributed by atoms with Crippen molar-refractivity contribution >= 4 is 21.6 Å². The molecule has 0 radical (unpaired) electrons. The molecular weight excluding hydrogens is 310 g/mol. The lowest BCUT2D eigenvalue weighted by Gasteiger charge is -2.17. The first-order valence-electron chi connectivity index (χ1n) is 7.14. The van der Waals surface area contributed by atoms with E-state index >= 15 is 0 Å². The van der Waals surface area contributed by atoms with Gasteiger partial charge in [0.15, 0.2) is 0 Å². The Morgan fingerprint density at radius 2 is 1.70 bits per heavy atom. The third-order valence-electron chi connectivity index (χ3n) is 3.30. The number of nitrogens with zero attached hydrogens (tertiary/aromatic N) is 1. The van der Waals surface area contributed by atoms with Crippen LogP contribution < -0.4 is 0 Å². The van der Waals surface area contributed by atoms with Gasteiger partial charge in [-0.25, -0.2) is 0 Å². The fourth-order valence-corrected chi connectivity index (χ4v) is 2.74. The zero-order valence-electron chi connectivity index (χ0n) is 12.3. The van der Waals surface area contributed by atoms with Crippen molar-refractivity contribution in [3.8, 4) is 0 Å². The molecule has 0 spiro atoms. The van der Waals surface area contributed by atoms with E-state index < -0.39 is 0 Å². The van der Waals surface area contributed by atoms with Gasteiger partial charge in [0.05, 0.1) is 5.71 Å². The second-order valence-corrected chi connectivity index (χ2v) is 5.56. The lowest BCUT2D eigenvalue weighted by Crippen LogP contribution is -2.14. The van der Waals surface area contributed by atoms with Crippen LogP contribution in [-0.2, 0) is 6.42 Å². The molecule has 0 aromatic heterocycles. The summed E-state index contributed by atoms with van der Waals surface area (Å²) in [5.74, 6) is 0. The van der Waals surface area contributed by atoms with Crippen molar-refractivity contribution in [2.45, 2.75) is 27.2 Å². The van der Waals surface area contributed by atoms with E-state index in [0.717, 1.165) is 23.1 Å². The van der Waals surface area contributed by atoms with Gasteiger partial charge >= 0.3 is 0 Å². The minimum absolute atomic E-state index is 0.882. The van der Waals surface area contributed by atoms with E-state index in [9.17, 15) is 0 Å². The first-order chi connectivity index (χ1) is 9.74. The average molecular weight is 330 g/mol. The smallest absolute Gasteiger partial charge is 0.0721 e. The van der Waals surface area contributed by atoms with E-state index in [1.807, 2.05) is 13.8 Å². The van der Waals surface area contributed by atoms with Crippen LogP contribution in [0.25, 0.3) is 0 Å². The molecule has 1 aliphatic heterocycles. The van der Waals surface area contributed by atoms with Gasteiger partial charge < -0.3 is 0 Å². The van der Waals surface area contributed by atoms with E-state index in [0.29, 0.717) is 0 Å². The van der Waals surface area contributed by atoms with E-state index in [4.69, 9.17) is 4.99 Å². The molecule has 2 heteroatoms.